The number of nitrogens with zero attached hydrogens (tertiary/aromatic N) is 1. The largest absolute Gasteiger partial charge is 0.392 e. The molecule has 0 aliphatic carbocycles. The van der Waals surface area contributed by atoms with Crippen molar-refractivity contribution in [3.63, 3.8) is 0 Å². The van der Waals surface area contributed by atoms with Crippen molar-refractivity contribution < 1.29 is 9.90 Å². The highest BCUT2D eigenvalue weighted by Gasteiger charge is 2.28. The summed E-state index contributed by atoms with van der Waals surface area (Å²) in [4.78, 5) is 13.6. The molecular formula is C10H20N2O2. The molecule has 1 aliphatic rings. The first-order valence-electron chi connectivity index (χ1n) is 5.23. The fraction of sp³-hybridized carbons (Fsp3) is 0.900. The van der Waals surface area contributed by atoms with Crippen LogP contribution in [-0.4, -0.2) is 47.2 Å². The fourth-order valence-electron chi connectivity index (χ4n) is 1.69. The minimum Gasteiger partial charge on any atom is -0.392 e. The van der Waals surface area contributed by atoms with Gasteiger partial charge in [0.2, 0.25) is 5.91 Å². The monoisotopic (exact) mass is 200 g/mol. The van der Waals surface area contributed by atoms with Crippen LogP contribution in [0.5, 0.6) is 0 Å². The molecule has 0 bridgehead atoms. The predicted octanol–water partition coefficient (Wildman–Crippen LogP) is -0.0339. The summed E-state index contributed by atoms with van der Waals surface area (Å²) in [6, 6.07) is 0.0482. The fourth-order valence-corrected chi connectivity index (χ4v) is 1.69. The molecule has 82 valence electrons. The second kappa shape index (κ2) is 4.75. The molecule has 1 rings (SSSR count). The van der Waals surface area contributed by atoms with Crippen molar-refractivity contribution in [1.29, 1.82) is 0 Å². The SMILES string of the molecule is CC(C)NC(=O)C(C)N1CCC(O)C1. The molecule has 0 saturated carbocycles. The van der Waals surface area contributed by atoms with Gasteiger partial charge >= 0.3 is 0 Å². The van der Waals surface area contributed by atoms with Gasteiger partial charge in [-0.3, -0.25) is 9.69 Å². The second-order valence-corrected chi connectivity index (χ2v) is 4.28. The first kappa shape index (κ1) is 11.5. The van der Waals surface area contributed by atoms with Gasteiger partial charge in [-0.1, -0.05) is 0 Å². The van der Waals surface area contributed by atoms with Crippen LogP contribution < -0.4 is 5.32 Å². The zero-order valence-corrected chi connectivity index (χ0v) is 9.16. The lowest BCUT2D eigenvalue weighted by molar-refractivity contribution is -0.126. The van der Waals surface area contributed by atoms with E-state index in [0.717, 1.165) is 13.0 Å². The van der Waals surface area contributed by atoms with Gasteiger partial charge in [-0.05, 0) is 27.2 Å². The average molecular weight is 200 g/mol. The number of rotatable bonds is 3. The number of aliphatic hydroxyl groups excluding tert-OH is 1. The van der Waals surface area contributed by atoms with Crippen molar-refractivity contribution >= 4 is 5.91 Å². The highest BCUT2D eigenvalue weighted by Crippen LogP contribution is 2.12. The first-order valence-corrected chi connectivity index (χ1v) is 5.23. The number of aliphatic hydroxyl groups is 1. The summed E-state index contributed by atoms with van der Waals surface area (Å²) in [5, 5.41) is 12.2. The Balaban J connectivity index is 2.40. The predicted molar refractivity (Wildman–Crippen MR) is 54.9 cm³/mol. The van der Waals surface area contributed by atoms with Crippen LogP contribution in [0.3, 0.4) is 0 Å². The zero-order valence-electron chi connectivity index (χ0n) is 9.16. The van der Waals surface area contributed by atoms with Gasteiger partial charge in [-0.25, -0.2) is 0 Å². The molecule has 0 radical (unpaired) electrons. The Labute approximate surface area is 85.3 Å². The molecule has 2 unspecified atom stereocenters. The van der Waals surface area contributed by atoms with Gasteiger partial charge in [-0.15, -0.1) is 0 Å². The summed E-state index contributed by atoms with van der Waals surface area (Å²) in [6.45, 7) is 7.21. The quantitative estimate of drug-likeness (QED) is 0.672. The van der Waals surface area contributed by atoms with Gasteiger partial charge in [0, 0.05) is 19.1 Å². The molecule has 2 N–H and O–H groups in total. The van der Waals surface area contributed by atoms with Crippen molar-refractivity contribution in [3.8, 4) is 0 Å². The van der Waals surface area contributed by atoms with E-state index in [-0.39, 0.29) is 24.1 Å². The topological polar surface area (TPSA) is 52.6 Å². The van der Waals surface area contributed by atoms with Crippen LogP contribution in [0.2, 0.25) is 0 Å². The van der Waals surface area contributed by atoms with Crippen molar-refractivity contribution in [2.24, 2.45) is 0 Å². The standard InChI is InChI=1S/C10H20N2O2/c1-7(2)11-10(14)8(3)12-5-4-9(13)6-12/h7-9,13H,4-6H2,1-3H3,(H,11,14). The van der Waals surface area contributed by atoms with Gasteiger partial charge in [-0.2, -0.15) is 0 Å². The Morgan fingerprint density at radius 2 is 2.14 bits per heavy atom. The van der Waals surface area contributed by atoms with E-state index in [1.807, 2.05) is 25.7 Å². The van der Waals surface area contributed by atoms with E-state index in [0.29, 0.717) is 6.54 Å². The Morgan fingerprint density at radius 1 is 1.50 bits per heavy atom. The summed E-state index contributed by atoms with van der Waals surface area (Å²) in [5.74, 6) is 0.0501. The van der Waals surface area contributed by atoms with Gasteiger partial charge in [0.15, 0.2) is 0 Å². The van der Waals surface area contributed by atoms with Crippen LogP contribution in [0, 0.1) is 0 Å². The summed E-state index contributed by atoms with van der Waals surface area (Å²) in [6.07, 6.45) is 0.517. The van der Waals surface area contributed by atoms with Crippen LogP contribution in [-0.2, 0) is 4.79 Å². The number of carbonyl (C=O) groups excluding carboxylic acids is 1. The molecule has 4 nitrogen and oxygen atoms in total. The summed E-state index contributed by atoms with van der Waals surface area (Å²) in [7, 11) is 0. The highest BCUT2D eigenvalue weighted by atomic mass is 16.3. The van der Waals surface area contributed by atoms with Gasteiger partial charge in [0.05, 0.1) is 12.1 Å². The van der Waals surface area contributed by atoms with E-state index < -0.39 is 0 Å². The van der Waals surface area contributed by atoms with E-state index in [2.05, 4.69) is 5.32 Å². The van der Waals surface area contributed by atoms with Crippen LogP contribution in [0.15, 0.2) is 0 Å². The van der Waals surface area contributed by atoms with Crippen molar-refractivity contribution in [3.05, 3.63) is 0 Å². The third-order valence-electron chi connectivity index (χ3n) is 2.55. The molecule has 1 amide bonds. The van der Waals surface area contributed by atoms with Gasteiger partial charge < -0.3 is 10.4 Å². The number of hydrogen-bond acceptors (Lipinski definition) is 3. The normalized spacial score (nSPS) is 25.4. The molecule has 1 saturated heterocycles. The van der Waals surface area contributed by atoms with E-state index >= 15 is 0 Å². The number of β-amino-alcohol motifs (C(OH)–C–C–N with tert-alkyl or cyclic N) is 1. The molecule has 0 aromatic heterocycles. The Morgan fingerprint density at radius 3 is 2.57 bits per heavy atom. The van der Waals surface area contributed by atoms with Crippen molar-refractivity contribution in [2.75, 3.05) is 13.1 Å². The lowest BCUT2D eigenvalue weighted by Gasteiger charge is -2.23. The molecule has 1 heterocycles. The minimum absolute atomic E-state index is 0.0501. The molecule has 0 aromatic rings. The van der Waals surface area contributed by atoms with E-state index in [1.165, 1.54) is 0 Å². The highest BCUT2D eigenvalue weighted by molar-refractivity contribution is 5.81. The summed E-state index contributed by atoms with van der Waals surface area (Å²) < 4.78 is 0. The lowest BCUT2D eigenvalue weighted by atomic mass is 10.2. The molecule has 1 aliphatic heterocycles. The van der Waals surface area contributed by atoms with Crippen LogP contribution in [0.1, 0.15) is 27.2 Å². The van der Waals surface area contributed by atoms with E-state index in [1.54, 1.807) is 0 Å². The molecule has 1 fully saturated rings. The number of likely N-dealkylation sites (tertiary alicyclic amines) is 1. The number of hydrogen-bond donors (Lipinski definition) is 2. The molecule has 4 heteroatoms. The molecule has 0 spiro atoms. The molecular weight excluding hydrogens is 180 g/mol. The Bertz CT molecular complexity index is 206. The Hall–Kier alpha value is -0.610. The third-order valence-corrected chi connectivity index (χ3v) is 2.55. The van der Waals surface area contributed by atoms with Gasteiger partial charge in [0.25, 0.3) is 0 Å². The third kappa shape index (κ3) is 2.96. The minimum atomic E-state index is -0.260. The molecule has 0 aromatic carbocycles. The number of carbonyl (C=O) groups is 1. The maximum Gasteiger partial charge on any atom is 0.237 e. The average Bonchev–Trinajstić information content (AvgIpc) is 2.49. The molecule has 2 atom stereocenters. The maximum absolute atomic E-state index is 11.6. The van der Waals surface area contributed by atoms with Crippen molar-refractivity contribution in [1.82, 2.24) is 10.2 Å². The summed E-state index contributed by atoms with van der Waals surface area (Å²) in [5.41, 5.74) is 0. The Kier molecular flexibility index (Phi) is 3.89. The van der Waals surface area contributed by atoms with Crippen molar-refractivity contribution in [2.45, 2.75) is 45.4 Å². The molecule has 14 heavy (non-hydrogen) atoms. The lowest BCUT2D eigenvalue weighted by Crippen LogP contribution is -2.46. The van der Waals surface area contributed by atoms with Crippen LogP contribution in [0.25, 0.3) is 0 Å². The zero-order chi connectivity index (χ0) is 10.7. The van der Waals surface area contributed by atoms with Crippen LogP contribution >= 0.6 is 0 Å². The maximum atomic E-state index is 11.6. The number of nitrogens with one attached hydrogen (secondary N) is 1. The van der Waals surface area contributed by atoms with Gasteiger partial charge in [0.1, 0.15) is 0 Å². The second-order valence-electron chi connectivity index (χ2n) is 4.28. The van der Waals surface area contributed by atoms with E-state index in [9.17, 15) is 9.90 Å². The van der Waals surface area contributed by atoms with E-state index in [4.69, 9.17) is 0 Å². The summed E-state index contributed by atoms with van der Waals surface area (Å²) >= 11 is 0. The first-order chi connectivity index (χ1) is 6.50. The van der Waals surface area contributed by atoms with Crippen LogP contribution in [0.4, 0.5) is 0 Å². The number of amides is 1. The smallest absolute Gasteiger partial charge is 0.237 e.